The van der Waals surface area contributed by atoms with E-state index in [1.165, 1.54) is 4.68 Å². The van der Waals surface area contributed by atoms with Crippen molar-refractivity contribution in [2.45, 2.75) is 20.0 Å². The quantitative estimate of drug-likeness (QED) is 0.858. The molecule has 0 radical (unpaired) electrons. The number of aromatic nitrogens is 2. The summed E-state index contributed by atoms with van der Waals surface area (Å²) in [6.45, 7) is 3.58. The van der Waals surface area contributed by atoms with E-state index >= 15 is 0 Å². The van der Waals surface area contributed by atoms with Gasteiger partial charge in [-0.05, 0) is 19.4 Å². The molecule has 0 aliphatic carbocycles. The highest BCUT2D eigenvalue weighted by molar-refractivity contribution is 5.93. The molecule has 2 aromatic rings. The number of hydrogen-bond donors (Lipinski definition) is 1. The van der Waals surface area contributed by atoms with Crippen LogP contribution in [-0.2, 0) is 11.8 Å². The second-order valence-electron chi connectivity index (χ2n) is 4.43. The van der Waals surface area contributed by atoms with Gasteiger partial charge in [0.2, 0.25) is 0 Å². The maximum absolute atomic E-state index is 12.1. The molecule has 1 heterocycles. The molecule has 5 heteroatoms. The number of ether oxygens (including phenoxy) is 1. The van der Waals surface area contributed by atoms with Gasteiger partial charge < -0.3 is 10.5 Å². The molecule has 0 aliphatic heterocycles. The summed E-state index contributed by atoms with van der Waals surface area (Å²) >= 11 is 0. The van der Waals surface area contributed by atoms with Crippen molar-refractivity contribution in [3.8, 4) is 0 Å². The normalized spacial score (nSPS) is 12.2. The first-order chi connectivity index (χ1) is 9.00. The molecule has 5 nitrogen and oxygen atoms in total. The molecule has 19 heavy (non-hydrogen) atoms. The van der Waals surface area contributed by atoms with Crippen LogP contribution in [0.5, 0.6) is 0 Å². The molecular weight excluding hydrogens is 242 g/mol. The molecule has 0 spiro atoms. The van der Waals surface area contributed by atoms with Crippen molar-refractivity contribution in [1.82, 2.24) is 9.78 Å². The third-order valence-corrected chi connectivity index (χ3v) is 3.01. The third-order valence-electron chi connectivity index (χ3n) is 3.01. The Morgan fingerprint density at radius 2 is 2.00 bits per heavy atom. The maximum atomic E-state index is 12.1. The lowest BCUT2D eigenvalue weighted by molar-refractivity contribution is 0.0326. The summed E-state index contributed by atoms with van der Waals surface area (Å²) in [5.74, 6) is -0.461. The van der Waals surface area contributed by atoms with E-state index < -0.39 is 5.97 Å². The zero-order valence-electron chi connectivity index (χ0n) is 11.3. The summed E-state index contributed by atoms with van der Waals surface area (Å²) in [5, 5.41) is 4.10. The average Bonchev–Trinajstić information content (AvgIpc) is 2.64. The summed E-state index contributed by atoms with van der Waals surface area (Å²) in [5.41, 5.74) is 8.06. The SMILES string of the molecule is Cc1nn(C)c(C(=O)OC(C)c2ccccc2)c1N. The van der Waals surface area contributed by atoms with Gasteiger partial charge in [0.1, 0.15) is 6.10 Å². The fourth-order valence-electron chi connectivity index (χ4n) is 1.93. The molecule has 0 fully saturated rings. The zero-order valence-corrected chi connectivity index (χ0v) is 11.3. The smallest absolute Gasteiger partial charge is 0.359 e. The predicted molar refractivity (Wildman–Crippen MR) is 72.6 cm³/mol. The highest BCUT2D eigenvalue weighted by Gasteiger charge is 2.21. The first kappa shape index (κ1) is 13.1. The number of carbonyl (C=O) groups is 1. The number of nitrogens with two attached hydrogens (primary N) is 1. The summed E-state index contributed by atoms with van der Waals surface area (Å²) in [6.07, 6.45) is -0.330. The second kappa shape index (κ2) is 5.14. The van der Waals surface area contributed by atoms with Crippen molar-refractivity contribution in [2.75, 3.05) is 5.73 Å². The minimum atomic E-state index is -0.461. The van der Waals surface area contributed by atoms with Crippen LogP contribution in [-0.4, -0.2) is 15.7 Å². The molecule has 1 atom stereocenters. The molecule has 1 aromatic carbocycles. The van der Waals surface area contributed by atoms with Crippen LogP contribution < -0.4 is 5.73 Å². The third kappa shape index (κ3) is 2.59. The Morgan fingerprint density at radius 3 is 2.53 bits per heavy atom. The van der Waals surface area contributed by atoms with Crippen LogP contribution >= 0.6 is 0 Å². The highest BCUT2D eigenvalue weighted by Crippen LogP contribution is 2.21. The van der Waals surface area contributed by atoms with Crippen molar-refractivity contribution in [3.05, 3.63) is 47.3 Å². The minimum absolute atomic E-state index is 0.292. The van der Waals surface area contributed by atoms with Crippen molar-refractivity contribution in [1.29, 1.82) is 0 Å². The first-order valence-electron chi connectivity index (χ1n) is 6.05. The van der Waals surface area contributed by atoms with E-state index in [1.807, 2.05) is 37.3 Å². The van der Waals surface area contributed by atoms with Crippen molar-refractivity contribution in [3.63, 3.8) is 0 Å². The van der Waals surface area contributed by atoms with E-state index in [0.717, 1.165) is 5.56 Å². The van der Waals surface area contributed by atoms with E-state index in [0.29, 0.717) is 17.1 Å². The lowest BCUT2D eigenvalue weighted by Crippen LogP contribution is -2.14. The van der Waals surface area contributed by atoms with Crippen LogP contribution in [0.3, 0.4) is 0 Å². The summed E-state index contributed by atoms with van der Waals surface area (Å²) in [4.78, 5) is 12.1. The van der Waals surface area contributed by atoms with Crippen LogP contribution in [0.4, 0.5) is 5.69 Å². The lowest BCUT2D eigenvalue weighted by atomic mass is 10.1. The lowest BCUT2D eigenvalue weighted by Gasteiger charge is -2.13. The van der Waals surface area contributed by atoms with Crippen LogP contribution in [0.2, 0.25) is 0 Å². The minimum Gasteiger partial charge on any atom is -0.453 e. The van der Waals surface area contributed by atoms with E-state index in [4.69, 9.17) is 10.5 Å². The first-order valence-corrected chi connectivity index (χ1v) is 6.05. The Kier molecular flexibility index (Phi) is 3.55. The molecule has 1 aromatic heterocycles. The zero-order chi connectivity index (χ0) is 14.0. The molecule has 0 saturated carbocycles. The predicted octanol–water partition coefficient (Wildman–Crippen LogP) is 2.23. The van der Waals surface area contributed by atoms with Gasteiger partial charge in [-0.2, -0.15) is 5.10 Å². The van der Waals surface area contributed by atoms with Gasteiger partial charge in [0.15, 0.2) is 5.69 Å². The number of esters is 1. The van der Waals surface area contributed by atoms with E-state index in [1.54, 1.807) is 14.0 Å². The van der Waals surface area contributed by atoms with E-state index in [-0.39, 0.29) is 6.10 Å². The Labute approximate surface area is 112 Å². The van der Waals surface area contributed by atoms with Crippen molar-refractivity contribution >= 4 is 11.7 Å². The number of carbonyl (C=O) groups excluding carboxylic acids is 1. The number of nitrogens with zero attached hydrogens (tertiary/aromatic N) is 2. The van der Waals surface area contributed by atoms with Gasteiger partial charge in [-0.3, -0.25) is 4.68 Å². The van der Waals surface area contributed by atoms with Crippen molar-refractivity contribution < 1.29 is 9.53 Å². The molecule has 2 rings (SSSR count). The van der Waals surface area contributed by atoms with Gasteiger partial charge >= 0.3 is 5.97 Å². The second-order valence-corrected chi connectivity index (χ2v) is 4.43. The molecule has 1 unspecified atom stereocenters. The number of nitrogen functional groups attached to an aromatic ring is 1. The molecule has 2 N–H and O–H groups in total. The van der Waals surface area contributed by atoms with Gasteiger partial charge in [-0.15, -0.1) is 0 Å². The van der Waals surface area contributed by atoms with E-state index in [9.17, 15) is 4.79 Å². The number of hydrogen-bond acceptors (Lipinski definition) is 4. The average molecular weight is 259 g/mol. The van der Waals surface area contributed by atoms with Gasteiger partial charge in [-0.25, -0.2) is 4.79 Å². The fraction of sp³-hybridized carbons (Fsp3) is 0.286. The van der Waals surface area contributed by atoms with Crippen LogP contribution in [0.25, 0.3) is 0 Å². The number of benzene rings is 1. The Morgan fingerprint density at radius 1 is 1.37 bits per heavy atom. The number of rotatable bonds is 3. The highest BCUT2D eigenvalue weighted by atomic mass is 16.5. The molecule has 0 amide bonds. The Hall–Kier alpha value is -2.30. The summed E-state index contributed by atoms with van der Waals surface area (Å²) in [6, 6.07) is 9.55. The standard InChI is InChI=1S/C14H17N3O2/c1-9-12(15)13(17(3)16-9)14(18)19-10(2)11-7-5-4-6-8-11/h4-8,10H,15H2,1-3H3. The summed E-state index contributed by atoms with van der Waals surface area (Å²) < 4.78 is 6.87. The molecule has 0 bridgehead atoms. The van der Waals surface area contributed by atoms with Crippen LogP contribution in [0.1, 0.15) is 34.8 Å². The van der Waals surface area contributed by atoms with Gasteiger partial charge in [0, 0.05) is 7.05 Å². The molecule has 0 aliphatic rings. The Bertz CT molecular complexity index is 590. The number of aryl methyl sites for hydroxylation is 2. The largest absolute Gasteiger partial charge is 0.453 e. The summed E-state index contributed by atoms with van der Waals surface area (Å²) in [7, 11) is 1.67. The van der Waals surface area contributed by atoms with Gasteiger partial charge in [0.05, 0.1) is 11.4 Å². The fourth-order valence-corrected chi connectivity index (χ4v) is 1.93. The number of anilines is 1. The van der Waals surface area contributed by atoms with E-state index in [2.05, 4.69) is 5.10 Å². The molecule has 100 valence electrons. The molecular formula is C14H17N3O2. The van der Waals surface area contributed by atoms with Crippen LogP contribution in [0, 0.1) is 6.92 Å². The monoisotopic (exact) mass is 259 g/mol. The van der Waals surface area contributed by atoms with Crippen molar-refractivity contribution in [2.24, 2.45) is 7.05 Å². The van der Waals surface area contributed by atoms with Crippen LogP contribution in [0.15, 0.2) is 30.3 Å². The Balaban J connectivity index is 2.18. The van der Waals surface area contributed by atoms with Gasteiger partial charge in [-0.1, -0.05) is 30.3 Å². The topological polar surface area (TPSA) is 70.1 Å². The van der Waals surface area contributed by atoms with Gasteiger partial charge in [0.25, 0.3) is 0 Å². The maximum Gasteiger partial charge on any atom is 0.359 e. The molecule has 0 saturated heterocycles.